The van der Waals surface area contributed by atoms with Gasteiger partial charge in [0, 0.05) is 6.20 Å². The third-order valence-electron chi connectivity index (χ3n) is 1.89. The van der Waals surface area contributed by atoms with E-state index in [1.54, 1.807) is 12.1 Å². The molecule has 0 radical (unpaired) electrons. The maximum Gasteiger partial charge on any atom is 0.218 e. The molecule has 1 aliphatic rings. The quantitative estimate of drug-likeness (QED) is 0.777. The number of sulfone groups is 1. The van der Waals surface area contributed by atoms with Crippen LogP contribution in [0.5, 0.6) is 5.75 Å². The van der Waals surface area contributed by atoms with E-state index in [1.807, 2.05) is 18.2 Å². The topological polar surface area (TPSA) is 55.7 Å². The minimum atomic E-state index is -3.31. The number of ether oxygens (including phenoxy) is 1. The molecule has 0 bridgehead atoms. The van der Waals surface area contributed by atoms with E-state index < -0.39 is 9.84 Å². The Hall–Kier alpha value is -1.62. The number of para-hydroxylation sites is 1. The molecule has 2 rings (SSSR count). The minimum Gasteiger partial charge on any atom is -0.487 e. The van der Waals surface area contributed by atoms with Gasteiger partial charge in [-0.3, -0.25) is 0 Å². The van der Waals surface area contributed by atoms with Crippen molar-refractivity contribution in [1.29, 1.82) is 0 Å². The maximum absolute atomic E-state index is 11.3. The Bertz CT molecular complexity index is 503. The summed E-state index contributed by atoms with van der Waals surface area (Å²) in [6, 6.07) is 9.01. The summed E-state index contributed by atoms with van der Waals surface area (Å²) in [4.78, 5) is 3.73. The van der Waals surface area contributed by atoms with Crippen LogP contribution in [0.25, 0.3) is 0 Å². The molecule has 1 aliphatic heterocycles. The van der Waals surface area contributed by atoms with E-state index in [2.05, 4.69) is 4.99 Å². The Morgan fingerprint density at radius 1 is 1.20 bits per heavy atom. The predicted molar refractivity (Wildman–Crippen MR) is 57.4 cm³/mol. The highest BCUT2D eigenvalue weighted by molar-refractivity contribution is 8.09. The summed E-state index contributed by atoms with van der Waals surface area (Å²) in [6.45, 7) is -0.0284. The smallest absolute Gasteiger partial charge is 0.218 e. The first-order valence-corrected chi connectivity index (χ1v) is 5.89. The molecule has 1 aromatic carbocycles. The highest BCUT2D eigenvalue weighted by Gasteiger charge is 2.20. The Labute approximate surface area is 87.8 Å². The van der Waals surface area contributed by atoms with Gasteiger partial charge in [0.1, 0.15) is 12.4 Å². The normalized spacial score (nSPS) is 17.5. The van der Waals surface area contributed by atoms with Gasteiger partial charge in [-0.15, -0.1) is 0 Å². The van der Waals surface area contributed by atoms with Gasteiger partial charge in [-0.1, -0.05) is 18.2 Å². The third kappa shape index (κ3) is 2.24. The van der Waals surface area contributed by atoms with Gasteiger partial charge in [0.2, 0.25) is 9.84 Å². The summed E-state index contributed by atoms with van der Waals surface area (Å²) in [5.41, 5.74) is 0. The molecule has 0 saturated carbocycles. The Balaban J connectivity index is 2.02. The van der Waals surface area contributed by atoms with E-state index >= 15 is 0 Å². The first-order chi connectivity index (χ1) is 7.18. The Morgan fingerprint density at radius 2 is 1.93 bits per heavy atom. The molecule has 4 nitrogen and oxygen atoms in total. The lowest BCUT2D eigenvalue weighted by atomic mass is 10.3. The molecule has 78 valence electrons. The second-order valence-electron chi connectivity index (χ2n) is 2.95. The zero-order chi connectivity index (χ0) is 10.7. The third-order valence-corrected chi connectivity index (χ3v) is 3.25. The highest BCUT2D eigenvalue weighted by atomic mass is 32.2. The number of benzene rings is 1. The van der Waals surface area contributed by atoms with Crippen LogP contribution in [0.15, 0.2) is 46.9 Å². The van der Waals surface area contributed by atoms with E-state index in [0.717, 1.165) is 5.41 Å². The van der Waals surface area contributed by atoms with Gasteiger partial charge < -0.3 is 4.74 Å². The van der Waals surface area contributed by atoms with Crippen LogP contribution in [0, 0.1) is 0 Å². The standard InChI is InChI=1S/C10H9NO3S/c12-15(13)7-6-11-10(15)8-14-9-4-2-1-3-5-9/h1-7H,8H2. The highest BCUT2D eigenvalue weighted by Crippen LogP contribution is 2.11. The van der Waals surface area contributed by atoms with Crippen LogP contribution in [0.3, 0.4) is 0 Å². The first kappa shape index (κ1) is 9.92. The zero-order valence-electron chi connectivity index (χ0n) is 7.83. The number of hydrogen-bond acceptors (Lipinski definition) is 4. The summed E-state index contributed by atoms with van der Waals surface area (Å²) in [7, 11) is -3.31. The molecule has 0 spiro atoms. The van der Waals surface area contributed by atoms with E-state index in [9.17, 15) is 8.42 Å². The van der Waals surface area contributed by atoms with Crippen LogP contribution in [0.4, 0.5) is 0 Å². The molecule has 1 heterocycles. The molecule has 0 aromatic heterocycles. The van der Waals surface area contributed by atoms with Crippen LogP contribution >= 0.6 is 0 Å². The molecule has 0 N–H and O–H groups in total. The second-order valence-corrected chi connectivity index (χ2v) is 4.79. The van der Waals surface area contributed by atoms with Crippen LogP contribution in [0.2, 0.25) is 0 Å². The van der Waals surface area contributed by atoms with Crippen LogP contribution in [-0.2, 0) is 9.84 Å². The van der Waals surface area contributed by atoms with Crippen molar-refractivity contribution in [3.05, 3.63) is 41.9 Å². The van der Waals surface area contributed by atoms with Crippen molar-refractivity contribution in [2.75, 3.05) is 6.61 Å². The minimum absolute atomic E-state index is 0.0284. The van der Waals surface area contributed by atoms with Crippen molar-refractivity contribution in [3.63, 3.8) is 0 Å². The Kier molecular flexibility index (Phi) is 2.55. The van der Waals surface area contributed by atoms with Gasteiger partial charge in [0.05, 0.1) is 5.41 Å². The number of rotatable bonds is 3. The van der Waals surface area contributed by atoms with Gasteiger partial charge in [-0.05, 0) is 12.1 Å². The van der Waals surface area contributed by atoms with Crippen molar-refractivity contribution in [2.45, 2.75) is 0 Å². The fourth-order valence-corrected chi connectivity index (χ4v) is 1.94. The number of hydrogen-bond donors (Lipinski definition) is 0. The summed E-state index contributed by atoms with van der Waals surface area (Å²) < 4.78 is 27.8. The SMILES string of the molecule is O=S1(=O)C=CN=C1COc1ccccc1. The van der Waals surface area contributed by atoms with E-state index in [4.69, 9.17) is 4.74 Å². The fraction of sp³-hybridized carbons (Fsp3) is 0.100. The average Bonchev–Trinajstić information content (AvgIpc) is 2.56. The summed E-state index contributed by atoms with van der Waals surface area (Å²) in [5.74, 6) is 0.627. The number of nitrogens with zero attached hydrogens (tertiary/aromatic N) is 1. The lowest BCUT2D eigenvalue weighted by Gasteiger charge is -2.04. The van der Waals surface area contributed by atoms with E-state index in [-0.39, 0.29) is 11.7 Å². The van der Waals surface area contributed by atoms with E-state index in [1.165, 1.54) is 6.20 Å². The lowest BCUT2D eigenvalue weighted by Crippen LogP contribution is -2.17. The summed E-state index contributed by atoms with van der Waals surface area (Å²) >= 11 is 0. The van der Waals surface area contributed by atoms with Crippen molar-refractivity contribution in [2.24, 2.45) is 4.99 Å². The molecule has 0 aliphatic carbocycles. The molecule has 0 amide bonds. The van der Waals surface area contributed by atoms with Gasteiger partial charge in [0.25, 0.3) is 0 Å². The Morgan fingerprint density at radius 3 is 2.53 bits per heavy atom. The van der Waals surface area contributed by atoms with Gasteiger partial charge in [-0.2, -0.15) is 0 Å². The summed E-state index contributed by atoms with van der Waals surface area (Å²) in [5, 5.41) is 1.11. The van der Waals surface area contributed by atoms with Crippen molar-refractivity contribution >= 4 is 14.9 Å². The molecular weight excluding hydrogens is 214 g/mol. The fourth-order valence-electron chi connectivity index (χ4n) is 1.13. The van der Waals surface area contributed by atoms with Crippen molar-refractivity contribution < 1.29 is 13.2 Å². The molecule has 5 heteroatoms. The second kappa shape index (κ2) is 3.86. The van der Waals surface area contributed by atoms with Gasteiger partial charge in [0.15, 0.2) is 5.04 Å². The first-order valence-electron chi connectivity index (χ1n) is 4.35. The molecule has 0 fully saturated rings. The van der Waals surface area contributed by atoms with Crippen molar-refractivity contribution in [3.8, 4) is 5.75 Å². The van der Waals surface area contributed by atoms with E-state index in [0.29, 0.717) is 5.75 Å². The molecule has 0 unspecified atom stereocenters. The predicted octanol–water partition coefficient (Wildman–Crippen LogP) is 1.36. The zero-order valence-corrected chi connectivity index (χ0v) is 8.65. The number of aliphatic imine (C=N–C) groups is 1. The van der Waals surface area contributed by atoms with Crippen LogP contribution in [-0.4, -0.2) is 20.1 Å². The average molecular weight is 223 g/mol. The molecule has 15 heavy (non-hydrogen) atoms. The monoisotopic (exact) mass is 223 g/mol. The molecule has 0 saturated heterocycles. The molecular formula is C10H9NO3S. The van der Waals surface area contributed by atoms with Crippen molar-refractivity contribution in [1.82, 2.24) is 0 Å². The molecule has 0 atom stereocenters. The largest absolute Gasteiger partial charge is 0.487 e. The van der Waals surface area contributed by atoms with Crippen LogP contribution in [0.1, 0.15) is 0 Å². The summed E-state index contributed by atoms with van der Waals surface area (Å²) in [6.07, 6.45) is 1.26. The van der Waals surface area contributed by atoms with Crippen LogP contribution < -0.4 is 4.74 Å². The van der Waals surface area contributed by atoms with Gasteiger partial charge >= 0.3 is 0 Å². The lowest BCUT2D eigenvalue weighted by molar-refractivity contribution is 0.378. The maximum atomic E-state index is 11.3. The van der Waals surface area contributed by atoms with Gasteiger partial charge in [-0.25, -0.2) is 13.4 Å². The molecule has 1 aromatic rings.